The molecule has 6 heteroatoms. The topological polar surface area (TPSA) is 61.9 Å². The Bertz CT molecular complexity index is 377. The van der Waals surface area contributed by atoms with E-state index >= 15 is 0 Å². The fourth-order valence-electron chi connectivity index (χ4n) is 2.42. The molecule has 1 rings (SSSR count). The first-order chi connectivity index (χ1) is 10.2. The van der Waals surface area contributed by atoms with Crippen molar-refractivity contribution in [1.29, 1.82) is 0 Å². The van der Waals surface area contributed by atoms with Crippen LogP contribution in [0.25, 0.3) is 0 Å². The first-order valence-corrected chi connectivity index (χ1v) is 8.10. The third kappa shape index (κ3) is 7.11. The minimum Gasteiger partial charge on any atom is -0.444 e. The summed E-state index contributed by atoms with van der Waals surface area (Å²) in [5, 5.41) is 3.43. The molecular weight excluding hydrogens is 282 g/mol. The SMILES string of the molecule is CN(C)C(=O)CCNC1CCCN(C(=O)OC(C)(C)C)CC1. The van der Waals surface area contributed by atoms with Crippen molar-refractivity contribution in [2.75, 3.05) is 33.7 Å². The van der Waals surface area contributed by atoms with E-state index in [2.05, 4.69) is 5.32 Å². The van der Waals surface area contributed by atoms with Gasteiger partial charge in [0, 0.05) is 46.2 Å². The van der Waals surface area contributed by atoms with Crippen molar-refractivity contribution in [2.24, 2.45) is 0 Å². The summed E-state index contributed by atoms with van der Waals surface area (Å²) in [6.45, 7) is 7.78. The van der Waals surface area contributed by atoms with Crippen LogP contribution in [0, 0.1) is 0 Å². The van der Waals surface area contributed by atoms with Gasteiger partial charge in [0.05, 0.1) is 0 Å². The third-order valence-corrected chi connectivity index (χ3v) is 3.65. The van der Waals surface area contributed by atoms with Gasteiger partial charge in [0.2, 0.25) is 5.91 Å². The summed E-state index contributed by atoms with van der Waals surface area (Å²) < 4.78 is 5.42. The van der Waals surface area contributed by atoms with Crippen molar-refractivity contribution in [3.63, 3.8) is 0 Å². The van der Waals surface area contributed by atoms with Crippen molar-refractivity contribution >= 4 is 12.0 Å². The van der Waals surface area contributed by atoms with Gasteiger partial charge in [-0.15, -0.1) is 0 Å². The first kappa shape index (κ1) is 18.7. The maximum Gasteiger partial charge on any atom is 0.410 e. The molecule has 0 aromatic carbocycles. The molecule has 1 aliphatic heterocycles. The minimum atomic E-state index is -0.451. The molecule has 0 bridgehead atoms. The molecule has 1 saturated heterocycles. The average molecular weight is 313 g/mol. The number of nitrogens with one attached hydrogen (secondary N) is 1. The summed E-state index contributed by atoms with van der Waals surface area (Å²) in [6, 6.07) is 0.363. The maximum atomic E-state index is 12.1. The maximum absolute atomic E-state index is 12.1. The van der Waals surface area contributed by atoms with Gasteiger partial charge < -0.3 is 19.9 Å². The summed E-state index contributed by atoms with van der Waals surface area (Å²) in [5.41, 5.74) is -0.451. The molecule has 0 aliphatic carbocycles. The standard InChI is InChI=1S/C16H31N3O3/c1-16(2,3)22-15(21)19-11-6-7-13(9-12-19)17-10-8-14(20)18(4)5/h13,17H,6-12H2,1-5H3. The van der Waals surface area contributed by atoms with Crippen LogP contribution in [0.5, 0.6) is 0 Å². The molecule has 22 heavy (non-hydrogen) atoms. The highest BCUT2D eigenvalue weighted by atomic mass is 16.6. The second kappa shape index (κ2) is 8.36. The van der Waals surface area contributed by atoms with E-state index in [4.69, 9.17) is 4.74 Å². The van der Waals surface area contributed by atoms with E-state index in [-0.39, 0.29) is 12.0 Å². The van der Waals surface area contributed by atoms with Crippen molar-refractivity contribution in [3.05, 3.63) is 0 Å². The lowest BCUT2D eigenvalue weighted by Crippen LogP contribution is -2.38. The zero-order valence-electron chi connectivity index (χ0n) is 14.6. The predicted octanol–water partition coefficient (Wildman–Crippen LogP) is 1.84. The molecule has 0 aromatic heterocycles. The summed E-state index contributed by atoms with van der Waals surface area (Å²) in [4.78, 5) is 27.0. The lowest BCUT2D eigenvalue weighted by molar-refractivity contribution is -0.128. The molecular formula is C16H31N3O3. The number of carbonyl (C=O) groups excluding carboxylic acids is 2. The van der Waals surface area contributed by atoms with Crippen LogP contribution in [0.15, 0.2) is 0 Å². The molecule has 6 nitrogen and oxygen atoms in total. The lowest BCUT2D eigenvalue weighted by Gasteiger charge is -2.26. The second-order valence-electron chi connectivity index (χ2n) is 7.09. The highest BCUT2D eigenvalue weighted by Gasteiger charge is 2.25. The van der Waals surface area contributed by atoms with Crippen LogP contribution in [-0.4, -0.2) is 67.2 Å². The van der Waals surface area contributed by atoms with E-state index < -0.39 is 5.60 Å². The molecule has 1 heterocycles. The largest absolute Gasteiger partial charge is 0.444 e. The molecule has 0 spiro atoms. The van der Waals surface area contributed by atoms with Gasteiger partial charge in [-0.1, -0.05) is 0 Å². The molecule has 128 valence electrons. The summed E-state index contributed by atoms with van der Waals surface area (Å²) in [7, 11) is 3.54. The van der Waals surface area contributed by atoms with Gasteiger partial charge in [-0.25, -0.2) is 4.79 Å². The number of likely N-dealkylation sites (tertiary alicyclic amines) is 1. The first-order valence-electron chi connectivity index (χ1n) is 8.10. The van der Waals surface area contributed by atoms with Gasteiger partial charge in [0.15, 0.2) is 0 Å². The Kier molecular flexibility index (Phi) is 7.13. The van der Waals surface area contributed by atoms with Gasteiger partial charge in [-0.3, -0.25) is 4.79 Å². The van der Waals surface area contributed by atoms with Gasteiger partial charge >= 0.3 is 6.09 Å². The zero-order chi connectivity index (χ0) is 16.8. The van der Waals surface area contributed by atoms with Crippen molar-refractivity contribution in [3.8, 4) is 0 Å². The van der Waals surface area contributed by atoms with Crippen LogP contribution in [-0.2, 0) is 9.53 Å². The number of nitrogens with zero attached hydrogens (tertiary/aromatic N) is 2. The van der Waals surface area contributed by atoms with Gasteiger partial charge in [-0.05, 0) is 40.0 Å². The minimum absolute atomic E-state index is 0.136. The molecule has 1 atom stereocenters. The fraction of sp³-hybridized carbons (Fsp3) is 0.875. The van der Waals surface area contributed by atoms with Crippen LogP contribution < -0.4 is 5.32 Å². The molecule has 1 N–H and O–H groups in total. The van der Waals surface area contributed by atoms with E-state index in [9.17, 15) is 9.59 Å². The van der Waals surface area contributed by atoms with Crippen LogP contribution >= 0.6 is 0 Å². The molecule has 2 amide bonds. The Morgan fingerprint density at radius 1 is 1.23 bits per heavy atom. The number of carbonyl (C=O) groups is 2. The smallest absolute Gasteiger partial charge is 0.410 e. The van der Waals surface area contributed by atoms with E-state index in [1.165, 1.54) is 0 Å². The highest BCUT2D eigenvalue weighted by Crippen LogP contribution is 2.15. The summed E-state index contributed by atoms with van der Waals surface area (Å²) >= 11 is 0. The van der Waals surface area contributed by atoms with E-state index in [0.29, 0.717) is 25.6 Å². The van der Waals surface area contributed by atoms with Crippen LogP contribution in [0.2, 0.25) is 0 Å². The quantitative estimate of drug-likeness (QED) is 0.860. The van der Waals surface area contributed by atoms with Crippen molar-refractivity contribution in [2.45, 2.75) is 58.1 Å². The van der Waals surface area contributed by atoms with Crippen LogP contribution in [0.3, 0.4) is 0 Å². The molecule has 0 radical (unpaired) electrons. The second-order valence-corrected chi connectivity index (χ2v) is 7.09. The number of hydrogen-bond acceptors (Lipinski definition) is 4. The van der Waals surface area contributed by atoms with Crippen molar-refractivity contribution in [1.82, 2.24) is 15.1 Å². The Labute approximate surface area is 134 Å². The van der Waals surface area contributed by atoms with E-state index in [1.807, 2.05) is 20.8 Å². The fourth-order valence-corrected chi connectivity index (χ4v) is 2.42. The molecule has 1 unspecified atom stereocenters. The Balaban J connectivity index is 2.33. The number of amides is 2. The molecule has 1 fully saturated rings. The third-order valence-electron chi connectivity index (χ3n) is 3.65. The lowest BCUT2D eigenvalue weighted by atomic mass is 10.1. The van der Waals surface area contributed by atoms with Gasteiger partial charge in [-0.2, -0.15) is 0 Å². The number of hydrogen-bond donors (Lipinski definition) is 1. The summed E-state index contributed by atoms with van der Waals surface area (Å²) in [6.07, 6.45) is 3.17. The Morgan fingerprint density at radius 2 is 1.91 bits per heavy atom. The van der Waals surface area contributed by atoms with Gasteiger partial charge in [0.25, 0.3) is 0 Å². The van der Waals surface area contributed by atoms with E-state index in [1.54, 1.807) is 23.9 Å². The Hall–Kier alpha value is -1.30. The molecule has 0 aromatic rings. The van der Waals surface area contributed by atoms with Crippen LogP contribution in [0.1, 0.15) is 46.5 Å². The van der Waals surface area contributed by atoms with Crippen molar-refractivity contribution < 1.29 is 14.3 Å². The zero-order valence-corrected chi connectivity index (χ0v) is 14.6. The summed E-state index contributed by atoms with van der Waals surface area (Å²) in [5.74, 6) is 0.136. The number of ether oxygens (including phenoxy) is 1. The average Bonchev–Trinajstić information content (AvgIpc) is 2.62. The van der Waals surface area contributed by atoms with Gasteiger partial charge in [0.1, 0.15) is 5.60 Å². The predicted molar refractivity (Wildman–Crippen MR) is 86.8 cm³/mol. The number of rotatable bonds is 4. The van der Waals surface area contributed by atoms with E-state index in [0.717, 1.165) is 25.8 Å². The normalized spacial score (nSPS) is 19.5. The van der Waals surface area contributed by atoms with Crippen LogP contribution in [0.4, 0.5) is 4.79 Å². The monoisotopic (exact) mass is 313 g/mol. The highest BCUT2D eigenvalue weighted by molar-refractivity contribution is 5.75. The Morgan fingerprint density at radius 3 is 2.50 bits per heavy atom. The molecule has 0 saturated carbocycles. The molecule has 1 aliphatic rings.